The number of carbonyl (C=O) groups excluding carboxylic acids is 1. The van der Waals surface area contributed by atoms with Crippen LogP contribution in [0.3, 0.4) is 0 Å². The first-order chi connectivity index (χ1) is 6.58. The highest BCUT2D eigenvalue weighted by atomic mass is 16.3. The Hall–Kier alpha value is -1.42. The van der Waals surface area contributed by atoms with E-state index < -0.39 is 5.60 Å². The molecule has 1 N–H and O–H groups in total. The van der Waals surface area contributed by atoms with Gasteiger partial charge in [0.15, 0.2) is 0 Å². The van der Waals surface area contributed by atoms with Gasteiger partial charge in [-0.1, -0.05) is 0 Å². The Bertz CT molecular complexity index is 340. The van der Waals surface area contributed by atoms with E-state index in [-0.39, 0.29) is 5.91 Å². The zero-order chi connectivity index (χ0) is 10.2. The molecule has 1 fully saturated rings. The maximum atomic E-state index is 11.7. The summed E-state index contributed by atoms with van der Waals surface area (Å²) in [5, 5.41) is 9.47. The number of rotatable bonds is 1. The summed E-state index contributed by atoms with van der Waals surface area (Å²) in [6, 6.07) is 3.35. The van der Waals surface area contributed by atoms with Gasteiger partial charge in [-0.3, -0.25) is 9.78 Å². The second kappa shape index (κ2) is 3.06. The van der Waals surface area contributed by atoms with Crippen LogP contribution < -0.4 is 0 Å². The minimum atomic E-state index is -0.706. The second-order valence-electron chi connectivity index (χ2n) is 3.89. The van der Waals surface area contributed by atoms with Gasteiger partial charge in [-0.25, -0.2) is 0 Å². The van der Waals surface area contributed by atoms with Crippen molar-refractivity contribution in [2.45, 2.75) is 12.5 Å². The smallest absolute Gasteiger partial charge is 0.254 e. The fraction of sp³-hybridized carbons (Fsp3) is 0.400. The summed E-state index contributed by atoms with van der Waals surface area (Å²) in [4.78, 5) is 17.2. The highest BCUT2D eigenvalue weighted by Gasteiger charge is 2.39. The summed E-state index contributed by atoms with van der Waals surface area (Å²) in [6.45, 7) is 2.55. The lowest BCUT2D eigenvalue weighted by Crippen LogP contribution is -2.61. The molecule has 0 aliphatic carbocycles. The van der Waals surface area contributed by atoms with Gasteiger partial charge in [-0.15, -0.1) is 0 Å². The van der Waals surface area contributed by atoms with E-state index >= 15 is 0 Å². The Kier molecular flexibility index (Phi) is 2.00. The predicted molar refractivity (Wildman–Crippen MR) is 50.8 cm³/mol. The third-order valence-corrected chi connectivity index (χ3v) is 2.28. The molecule has 0 spiro atoms. The topological polar surface area (TPSA) is 53.4 Å². The van der Waals surface area contributed by atoms with E-state index in [4.69, 9.17) is 0 Å². The van der Waals surface area contributed by atoms with Crippen LogP contribution in [-0.2, 0) is 0 Å². The molecular weight excluding hydrogens is 180 g/mol. The Morgan fingerprint density at radius 1 is 1.50 bits per heavy atom. The molecule has 0 aromatic carbocycles. The van der Waals surface area contributed by atoms with Crippen molar-refractivity contribution in [3.8, 4) is 0 Å². The van der Waals surface area contributed by atoms with E-state index in [1.165, 1.54) is 0 Å². The van der Waals surface area contributed by atoms with E-state index in [0.29, 0.717) is 18.7 Å². The van der Waals surface area contributed by atoms with Crippen molar-refractivity contribution in [2.75, 3.05) is 13.1 Å². The molecule has 0 radical (unpaired) electrons. The standard InChI is InChI=1S/C10H12N2O2/c1-10(14)6-12(7-10)9(13)8-2-4-11-5-3-8/h2-5,14H,6-7H2,1H3. The number of likely N-dealkylation sites (tertiary alicyclic amines) is 1. The lowest BCUT2D eigenvalue weighted by molar-refractivity contribution is -0.0668. The van der Waals surface area contributed by atoms with Crippen molar-refractivity contribution in [3.05, 3.63) is 30.1 Å². The van der Waals surface area contributed by atoms with E-state index in [0.717, 1.165) is 0 Å². The minimum absolute atomic E-state index is 0.0427. The molecule has 0 saturated carbocycles. The third-order valence-electron chi connectivity index (χ3n) is 2.28. The largest absolute Gasteiger partial charge is 0.386 e. The molecule has 14 heavy (non-hydrogen) atoms. The Morgan fingerprint density at radius 2 is 2.07 bits per heavy atom. The summed E-state index contributed by atoms with van der Waals surface area (Å²) in [7, 11) is 0. The first-order valence-corrected chi connectivity index (χ1v) is 4.50. The van der Waals surface area contributed by atoms with Gasteiger partial charge in [-0.05, 0) is 19.1 Å². The molecule has 0 unspecified atom stereocenters. The molecule has 0 atom stereocenters. The molecule has 1 aromatic rings. The van der Waals surface area contributed by atoms with Gasteiger partial charge < -0.3 is 10.0 Å². The average Bonchev–Trinajstić information content (AvgIpc) is 2.14. The van der Waals surface area contributed by atoms with E-state index in [1.807, 2.05) is 0 Å². The normalized spacial score (nSPS) is 18.9. The number of hydrogen-bond acceptors (Lipinski definition) is 3. The van der Waals surface area contributed by atoms with Crippen LogP contribution in [0.15, 0.2) is 24.5 Å². The van der Waals surface area contributed by atoms with Crippen LogP contribution >= 0.6 is 0 Å². The number of aliphatic hydroxyl groups is 1. The number of β-amino-alcohol motifs (C(OH)–C–C–N with tert-alkyl or cyclic N) is 1. The zero-order valence-electron chi connectivity index (χ0n) is 7.97. The zero-order valence-corrected chi connectivity index (χ0v) is 7.97. The minimum Gasteiger partial charge on any atom is -0.386 e. The number of amides is 1. The maximum Gasteiger partial charge on any atom is 0.254 e. The lowest BCUT2D eigenvalue weighted by Gasteiger charge is -2.44. The van der Waals surface area contributed by atoms with Gasteiger partial charge in [-0.2, -0.15) is 0 Å². The van der Waals surface area contributed by atoms with Crippen LogP contribution in [0.25, 0.3) is 0 Å². The van der Waals surface area contributed by atoms with E-state index in [2.05, 4.69) is 4.98 Å². The first kappa shape index (κ1) is 9.15. The molecule has 1 aliphatic rings. The number of hydrogen-bond donors (Lipinski definition) is 1. The van der Waals surface area contributed by atoms with Crippen molar-refractivity contribution in [1.29, 1.82) is 0 Å². The summed E-state index contributed by atoms with van der Waals surface area (Å²) >= 11 is 0. The number of pyridine rings is 1. The molecular formula is C10H12N2O2. The fourth-order valence-electron chi connectivity index (χ4n) is 1.60. The molecule has 2 heterocycles. The molecule has 1 aliphatic heterocycles. The highest BCUT2D eigenvalue weighted by Crippen LogP contribution is 2.21. The van der Waals surface area contributed by atoms with Crippen LogP contribution in [0, 0.1) is 0 Å². The van der Waals surface area contributed by atoms with Crippen molar-refractivity contribution in [2.24, 2.45) is 0 Å². The number of aromatic nitrogens is 1. The van der Waals surface area contributed by atoms with Gasteiger partial charge in [0.1, 0.15) is 0 Å². The van der Waals surface area contributed by atoms with E-state index in [1.54, 1.807) is 36.4 Å². The van der Waals surface area contributed by atoms with Gasteiger partial charge >= 0.3 is 0 Å². The molecule has 1 amide bonds. The van der Waals surface area contributed by atoms with Crippen LogP contribution in [-0.4, -0.2) is 39.6 Å². The summed E-state index contributed by atoms with van der Waals surface area (Å²) in [6.07, 6.45) is 3.18. The number of carbonyl (C=O) groups is 1. The van der Waals surface area contributed by atoms with E-state index in [9.17, 15) is 9.90 Å². The predicted octanol–water partition coefficient (Wildman–Crippen LogP) is 0.288. The monoisotopic (exact) mass is 192 g/mol. The van der Waals surface area contributed by atoms with Crippen molar-refractivity contribution >= 4 is 5.91 Å². The van der Waals surface area contributed by atoms with Crippen LogP contribution in [0.1, 0.15) is 17.3 Å². The molecule has 1 saturated heterocycles. The van der Waals surface area contributed by atoms with Gasteiger partial charge in [0.25, 0.3) is 5.91 Å². The summed E-state index contributed by atoms with van der Waals surface area (Å²) in [5.41, 5.74) is -0.0848. The van der Waals surface area contributed by atoms with Crippen LogP contribution in [0.5, 0.6) is 0 Å². The molecule has 0 bridgehead atoms. The van der Waals surface area contributed by atoms with Crippen LogP contribution in [0.2, 0.25) is 0 Å². The Labute approximate surface area is 82.2 Å². The SMILES string of the molecule is CC1(O)CN(C(=O)c2ccncc2)C1. The summed E-state index contributed by atoms with van der Waals surface area (Å²) in [5.74, 6) is -0.0427. The fourth-order valence-corrected chi connectivity index (χ4v) is 1.60. The highest BCUT2D eigenvalue weighted by molar-refractivity contribution is 5.94. The van der Waals surface area contributed by atoms with Gasteiger partial charge in [0.2, 0.25) is 0 Å². The van der Waals surface area contributed by atoms with Crippen molar-refractivity contribution in [1.82, 2.24) is 9.88 Å². The summed E-state index contributed by atoms with van der Waals surface area (Å²) < 4.78 is 0. The molecule has 74 valence electrons. The first-order valence-electron chi connectivity index (χ1n) is 4.50. The van der Waals surface area contributed by atoms with Crippen LogP contribution in [0.4, 0.5) is 0 Å². The molecule has 2 rings (SSSR count). The Morgan fingerprint density at radius 3 is 2.57 bits per heavy atom. The maximum absolute atomic E-state index is 11.7. The number of nitrogens with zero attached hydrogens (tertiary/aromatic N) is 2. The molecule has 1 aromatic heterocycles. The molecule has 4 nitrogen and oxygen atoms in total. The van der Waals surface area contributed by atoms with Crippen molar-refractivity contribution < 1.29 is 9.90 Å². The molecule has 4 heteroatoms. The van der Waals surface area contributed by atoms with Gasteiger partial charge in [0, 0.05) is 18.0 Å². The van der Waals surface area contributed by atoms with Crippen molar-refractivity contribution in [3.63, 3.8) is 0 Å². The average molecular weight is 192 g/mol. The van der Waals surface area contributed by atoms with Gasteiger partial charge in [0.05, 0.1) is 18.7 Å². The Balaban J connectivity index is 2.05. The second-order valence-corrected chi connectivity index (χ2v) is 3.89. The lowest BCUT2D eigenvalue weighted by atomic mass is 9.96. The quantitative estimate of drug-likeness (QED) is 0.695. The third kappa shape index (κ3) is 1.61.